The average Bonchev–Trinajstić information content (AvgIpc) is 3.10. The van der Waals surface area contributed by atoms with Crippen molar-refractivity contribution in [3.63, 3.8) is 0 Å². The van der Waals surface area contributed by atoms with Gasteiger partial charge in [-0.25, -0.2) is 4.39 Å². The van der Waals surface area contributed by atoms with E-state index in [2.05, 4.69) is 10.1 Å². The van der Waals surface area contributed by atoms with E-state index in [-0.39, 0.29) is 22.7 Å². The molecule has 4 aromatic rings. The molecule has 8 heteroatoms. The molecular formula is C18H11ClFN3O3. The summed E-state index contributed by atoms with van der Waals surface area (Å²) in [5.74, 6) is -0.865. The van der Waals surface area contributed by atoms with Crippen LogP contribution in [-0.4, -0.2) is 19.8 Å². The van der Waals surface area contributed by atoms with Gasteiger partial charge < -0.3 is 14.2 Å². The van der Waals surface area contributed by atoms with E-state index in [0.717, 1.165) is 6.07 Å². The zero-order valence-corrected chi connectivity index (χ0v) is 14.2. The molecule has 0 saturated heterocycles. The first-order valence-electron chi connectivity index (χ1n) is 7.57. The predicted molar refractivity (Wildman–Crippen MR) is 94.5 cm³/mol. The fourth-order valence-corrected chi connectivity index (χ4v) is 2.86. The minimum Gasteiger partial charge on any atom is -0.506 e. The van der Waals surface area contributed by atoms with Crippen molar-refractivity contribution in [2.24, 2.45) is 7.05 Å². The number of nitrogens with zero attached hydrogens (tertiary/aromatic N) is 3. The lowest BCUT2D eigenvalue weighted by Gasteiger charge is -2.09. The molecule has 0 atom stereocenters. The molecule has 0 amide bonds. The summed E-state index contributed by atoms with van der Waals surface area (Å²) in [6, 6.07) is 10.5. The van der Waals surface area contributed by atoms with Crippen molar-refractivity contribution in [2.75, 3.05) is 0 Å². The molecule has 1 N–H and O–H groups in total. The number of halogens is 2. The summed E-state index contributed by atoms with van der Waals surface area (Å²) in [6.45, 7) is 0. The number of aryl methyl sites for hydroxylation is 1. The molecule has 0 aliphatic rings. The number of aromatic hydroxyl groups is 1. The fraction of sp³-hybridized carbons (Fsp3) is 0.0556. The van der Waals surface area contributed by atoms with Gasteiger partial charge in [-0.2, -0.15) is 4.98 Å². The van der Waals surface area contributed by atoms with Crippen molar-refractivity contribution in [1.29, 1.82) is 0 Å². The van der Waals surface area contributed by atoms with Gasteiger partial charge in [-0.3, -0.25) is 4.79 Å². The molecule has 0 fully saturated rings. The highest BCUT2D eigenvalue weighted by Crippen LogP contribution is 2.33. The van der Waals surface area contributed by atoms with Gasteiger partial charge in [-0.05, 0) is 42.5 Å². The Bertz CT molecular complexity index is 1200. The number of hydrogen-bond donors (Lipinski definition) is 1. The molecule has 4 rings (SSSR count). The number of fused-ring (bicyclic) bond motifs is 1. The smallest absolute Gasteiger partial charge is 0.267 e. The summed E-state index contributed by atoms with van der Waals surface area (Å²) in [6.07, 6.45) is 0. The molecule has 0 aliphatic carbocycles. The van der Waals surface area contributed by atoms with Gasteiger partial charge in [0.25, 0.3) is 11.4 Å². The van der Waals surface area contributed by atoms with E-state index in [1.165, 1.54) is 23.7 Å². The SMILES string of the molecule is Cn1c(=O)c(-c2nc(-c3ccc(Cl)cc3)no2)c(O)c2cc(F)ccc21. The Labute approximate surface area is 151 Å². The highest BCUT2D eigenvalue weighted by atomic mass is 35.5. The summed E-state index contributed by atoms with van der Waals surface area (Å²) >= 11 is 5.86. The molecule has 0 bridgehead atoms. The van der Waals surface area contributed by atoms with Gasteiger partial charge in [0, 0.05) is 23.0 Å². The van der Waals surface area contributed by atoms with Crippen LogP contribution in [0.2, 0.25) is 5.02 Å². The van der Waals surface area contributed by atoms with Crippen LogP contribution in [0.25, 0.3) is 33.7 Å². The zero-order chi connectivity index (χ0) is 18.4. The van der Waals surface area contributed by atoms with Gasteiger partial charge in [0.05, 0.1) is 5.52 Å². The third kappa shape index (κ3) is 2.53. The van der Waals surface area contributed by atoms with Crippen LogP contribution in [0.1, 0.15) is 0 Å². The Morgan fingerprint density at radius 1 is 1.19 bits per heavy atom. The third-order valence-corrected chi connectivity index (χ3v) is 4.32. The van der Waals surface area contributed by atoms with Crippen molar-refractivity contribution in [1.82, 2.24) is 14.7 Å². The monoisotopic (exact) mass is 371 g/mol. The van der Waals surface area contributed by atoms with Crippen molar-refractivity contribution < 1.29 is 14.0 Å². The Hall–Kier alpha value is -3.19. The number of rotatable bonds is 2. The van der Waals surface area contributed by atoms with E-state index in [1.807, 2.05) is 0 Å². The quantitative estimate of drug-likeness (QED) is 0.580. The van der Waals surface area contributed by atoms with E-state index in [0.29, 0.717) is 16.1 Å². The third-order valence-electron chi connectivity index (χ3n) is 4.07. The van der Waals surface area contributed by atoms with Crippen LogP contribution in [0.4, 0.5) is 4.39 Å². The maximum atomic E-state index is 13.6. The Morgan fingerprint density at radius 2 is 1.92 bits per heavy atom. The molecular weight excluding hydrogens is 361 g/mol. The van der Waals surface area contributed by atoms with Gasteiger partial charge >= 0.3 is 0 Å². The normalized spacial score (nSPS) is 11.2. The highest BCUT2D eigenvalue weighted by Gasteiger charge is 2.22. The van der Waals surface area contributed by atoms with Gasteiger partial charge in [0.2, 0.25) is 5.82 Å². The summed E-state index contributed by atoms with van der Waals surface area (Å²) in [4.78, 5) is 16.8. The van der Waals surface area contributed by atoms with E-state index >= 15 is 0 Å². The van der Waals surface area contributed by atoms with Crippen molar-refractivity contribution in [3.05, 3.63) is 63.7 Å². The second-order valence-corrected chi connectivity index (χ2v) is 6.12. The van der Waals surface area contributed by atoms with Crippen LogP contribution >= 0.6 is 11.6 Å². The van der Waals surface area contributed by atoms with Crippen LogP contribution in [0, 0.1) is 5.82 Å². The first-order valence-corrected chi connectivity index (χ1v) is 7.95. The van der Waals surface area contributed by atoms with Crippen LogP contribution < -0.4 is 5.56 Å². The van der Waals surface area contributed by atoms with Gasteiger partial charge in [0.15, 0.2) is 0 Å². The minimum atomic E-state index is -0.537. The Morgan fingerprint density at radius 3 is 2.65 bits per heavy atom. The molecule has 26 heavy (non-hydrogen) atoms. The van der Waals surface area contributed by atoms with Crippen LogP contribution in [0.5, 0.6) is 5.75 Å². The number of benzene rings is 2. The van der Waals surface area contributed by atoms with E-state index < -0.39 is 17.1 Å². The molecule has 0 aliphatic heterocycles. The van der Waals surface area contributed by atoms with Crippen LogP contribution in [-0.2, 0) is 7.05 Å². The summed E-state index contributed by atoms with van der Waals surface area (Å²) in [5, 5.41) is 15.1. The lowest BCUT2D eigenvalue weighted by Crippen LogP contribution is -2.19. The number of hydrogen-bond acceptors (Lipinski definition) is 5. The van der Waals surface area contributed by atoms with Crippen LogP contribution in [0.15, 0.2) is 51.8 Å². The molecule has 0 saturated carbocycles. The maximum absolute atomic E-state index is 13.6. The zero-order valence-electron chi connectivity index (χ0n) is 13.4. The highest BCUT2D eigenvalue weighted by molar-refractivity contribution is 6.30. The molecule has 2 aromatic carbocycles. The first kappa shape index (κ1) is 16.3. The summed E-state index contributed by atoms with van der Waals surface area (Å²) < 4.78 is 20.0. The Balaban J connectivity index is 1.92. The number of pyridine rings is 1. The lowest BCUT2D eigenvalue weighted by molar-refractivity contribution is 0.425. The van der Waals surface area contributed by atoms with E-state index in [4.69, 9.17) is 16.1 Å². The fourth-order valence-electron chi connectivity index (χ4n) is 2.74. The first-order chi connectivity index (χ1) is 12.5. The standard InChI is InChI=1S/C18H11ClFN3O3/c1-23-13-7-6-11(20)8-12(13)15(24)14(18(23)25)17-21-16(22-26-17)9-2-4-10(19)5-3-9/h2-8,24H,1H3. The van der Waals surface area contributed by atoms with Crippen LogP contribution in [0.3, 0.4) is 0 Å². The second kappa shape index (κ2) is 5.96. The average molecular weight is 372 g/mol. The van der Waals surface area contributed by atoms with Crippen molar-refractivity contribution in [3.8, 4) is 28.6 Å². The summed E-state index contributed by atoms with van der Waals surface area (Å²) in [5.41, 5.74) is 0.300. The second-order valence-electron chi connectivity index (χ2n) is 5.68. The molecule has 6 nitrogen and oxygen atoms in total. The van der Waals surface area contributed by atoms with Gasteiger partial charge in [-0.15, -0.1) is 0 Å². The van der Waals surface area contributed by atoms with Gasteiger partial charge in [0.1, 0.15) is 17.1 Å². The van der Waals surface area contributed by atoms with E-state index in [1.54, 1.807) is 24.3 Å². The predicted octanol–water partition coefficient (Wildman–Crippen LogP) is 3.75. The maximum Gasteiger partial charge on any atom is 0.267 e. The molecule has 0 spiro atoms. The van der Waals surface area contributed by atoms with Gasteiger partial charge in [-0.1, -0.05) is 16.8 Å². The number of aromatic nitrogens is 3. The van der Waals surface area contributed by atoms with Crippen molar-refractivity contribution in [2.45, 2.75) is 0 Å². The molecule has 2 heterocycles. The molecule has 0 unspecified atom stereocenters. The summed E-state index contributed by atoms with van der Waals surface area (Å²) in [7, 11) is 1.52. The minimum absolute atomic E-state index is 0.154. The largest absolute Gasteiger partial charge is 0.506 e. The lowest BCUT2D eigenvalue weighted by atomic mass is 10.1. The van der Waals surface area contributed by atoms with E-state index in [9.17, 15) is 14.3 Å². The molecule has 130 valence electrons. The molecule has 2 aromatic heterocycles. The topological polar surface area (TPSA) is 81.2 Å². The van der Waals surface area contributed by atoms with Crippen molar-refractivity contribution >= 4 is 22.5 Å². The Kier molecular flexibility index (Phi) is 3.73. The molecule has 0 radical (unpaired) electrons.